The van der Waals surface area contributed by atoms with Gasteiger partial charge < -0.3 is 34.2 Å². The minimum Gasteiger partial charge on any atom is -0.463 e. The van der Waals surface area contributed by atoms with Gasteiger partial charge in [0.25, 0.3) is 0 Å². The predicted molar refractivity (Wildman–Crippen MR) is 399 cm³/mol. The number of allylic oxidation sites excluding steroid dienone is 24. The Labute approximate surface area is 587 Å². The van der Waals surface area contributed by atoms with E-state index in [2.05, 4.69) is 167 Å². The van der Waals surface area contributed by atoms with E-state index in [9.17, 15) is 43.5 Å². The fourth-order valence-corrected chi connectivity index (χ4v) is 10.9. The summed E-state index contributed by atoms with van der Waals surface area (Å²) in [6.45, 7) is 2.44. The summed E-state index contributed by atoms with van der Waals surface area (Å²) >= 11 is 0. The molecule has 0 aromatic heterocycles. The van der Waals surface area contributed by atoms with Crippen molar-refractivity contribution < 1.29 is 75.8 Å². The Morgan fingerprint density at radius 1 is 0.299 bits per heavy atom. The van der Waals surface area contributed by atoms with Crippen LogP contribution in [0.1, 0.15) is 278 Å². The number of carbonyl (C=O) groups excluding carboxylic acids is 3. The first kappa shape index (κ1) is 92.4. The van der Waals surface area contributed by atoms with Gasteiger partial charge in [-0.25, -0.2) is 9.13 Å². The third-order valence-electron chi connectivity index (χ3n) is 15.0. The molecule has 0 saturated carbocycles. The van der Waals surface area contributed by atoms with Gasteiger partial charge >= 0.3 is 33.6 Å². The van der Waals surface area contributed by atoms with Gasteiger partial charge in [-0.05, 0) is 148 Å². The van der Waals surface area contributed by atoms with Crippen molar-refractivity contribution in [3.8, 4) is 0 Å². The Bertz CT molecular complexity index is 2350. The van der Waals surface area contributed by atoms with Crippen molar-refractivity contribution in [2.75, 3.05) is 39.6 Å². The van der Waals surface area contributed by atoms with E-state index in [4.69, 9.17) is 32.3 Å². The van der Waals surface area contributed by atoms with Gasteiger partial charge in [0.15, 0.2) is 6.10 Å². The highest BCUT2D eigenvalue weighted by Crippen LogP contribution is 2.45. The monoisotopic (exact) mass is 1400 g/mol. The van der Waals surface area contributed by atoms with Crippen LogP contribution in [0.25, 0.3) is 0 Å². The summed E-state index contributed by atoms with van der Waals surface area (Å²) in [7, 11) is -9.81. The third-order valence-corrected chi connectivity index (χ3v) is 16.9. The molecule has 0 saturated heterocycles. The lowest BCUT2D eigenvalue weighted by Crippen LogP contribution is -2.30. The van der Waals surface area contributed by atoms with Gasteiger partial charge in [0.05, 0.1) is 26.4 Å². The standard InChI is InChI=1S/C79H132O16P2/c1-4-7-10-13-16-19-22-25-28-31-34-35-36-37-40-42-44-47-50-53-56-59-62-65-77(82)89-68-74(80)69-91-96(85,86)92-70-75(81)71-93-97(87,88)94-73-76(95-79(84)67-64-61-58-55-52-49-46-43-39-33-30-27-24-21-18-15-12-9-6-3)72-90-78(83)66-63-60-57-54-51-48-45-41-38-32-29-26-23-20-17-14-11-8-5-2/h7,10,16-21,25-30,34-35,37-41,43-44,47,74-76,80-81H,4-6,8-9,11-15,22-24,31-33,36,42,45-46,48-73H2,1-3H3,(H,85,86)(H,87,88)/b10-7-,19-16-,20-17-,21-18-,28-25-,29-26-,30-27-,35-34-,40-37-,41-38-,43-39-,47-44-. The lowest BCUT2D eigenvalue weighted by molar-refractivity contribution is -0.161. The molecule has 97 heavy (non-hydrogen) atoms. The summed E-state index contributed by atoms with van der Waals surface area (Å²) in [5.74, 6) is -1.63. The molecular formula is C79H132O16P2. The highest BCUT2D eigenvalue weighted by atomic mass is 31.2. The van der Waals surface area contributed by atoms with Gasteiger partial charge in [0, 0.05) is 19.3 Å². The Morgan fingerprint density at radius 2 is 0.546 bits per heavy atom. The van der Waals surface area contributed by atoms with Gasteiger partial charge in [0.1, 0.15) is 25.4 Å². The Morgan fingerprint density at radius 3 is 0.866 bits per heavy atom. The van der Waals surface area contributed by atoms with Crippen LogP contribution in [0, 0.1) is 0 Å². The molecule has 18 heteroatoms. The zero-order chi connectivity index (χ0) is 70.9. The highest BCUT2D eigenvalue weighted by molar-refractivity contribution is 7.47. The number of unbranched alkanes of at least 4 members (excludes halogenated alkanes) is 22. The summed E-state index contributed by atoms with van der Waals surface area (Å²) in [5.41, 5.74) is 0. The van der Waals surface area contributed by atoms with Crippen molar-refractivity contribution >= 4 is 33.6 Å². The van der Waals surface area contributed by atoms with E-state index in [1.54, 1.807) is 0 Å². The molecule has 0 amide bonds. The summed E-state index contributed by atoms with van der Waals surface area (Å²) in [4.78, 5) is 58.6. The van der Waals surface area contributed by atoms with E-state index in [0.29, 0.717) is 19.3 Å². The van der Waals surface area contributed by atoms with E-state index in [-0.39, 0.29) is 19.3 Å². The first-order chi connectivity index (χ1) is 47.2. The second-order valence-corrected chi connectivity index (χ2v) is 27.3. The molecule has 0 fully saturated rings. The minimum absolute atomic E-state index is 0.0821. The largest absolute Gasteiger partial charge is 0.472 e. The first-order valence-electron chi connectivity index (χ1n) is 37.1. The second-order valence-electron chi connectivity index (χ2n) is 24.4. The molecule has 5 atom stereocenters. The zero-order valence-electron chi connectivity index (χ0n) is 60.2. The molecule has 0 rings (SSSR count). The van der Waals surface area contributed by atoms with Crippen molar-refractivity contribution in [1.29, 1.82) is 0 Å². The molecule has 0 aliphatic carbocycles. The smallest absolute Gasteiger partial charge is 0.463 e. The number of aliphatic hydroxyl groups is 2. The molecular weight excluding hydrogens is 1270 g/mol. The molecule has 16 nitrogen and oxygen atoms in total. The number of phosphoric acid groups is 2. The molecule has 0 aliphatic heterocycles. The summed E-state index contributed by atoms with van der Waals surface area (Å²) in [6.07, 6.45) is 85.9. The molecule has 4 N–H and O–H groups in total. The van der Waals surface area contributed by atoms with Crippen LogP contribution in [-0.4, -0.2) is 95.9 Å². The third kappa shape index (κ3) is 72.5. The fourth-order valence-electron chi connectivity index (χ4n) is 9.35. The van der Waals surface area contributed by atoms with Crippen LogP contribution >= 0.6 is 15.6 Å². The molecule has 0 radical (unpaired) electrons. The number of hydrogen-bond acceptors (Lipinski definition) is 14. The average Bonchev–Trinajstić information content (AvgIpc) is 1.81. The number of ether oxygens (including phenoxy) is 3. The predicted octanol–water partition coefficient (Wildman–Crippen LogP) is 21.3. The zero-order valence-corrected chi connectivity index (χ0v) is 62.0. The van der Waals surface area contributed by atoms with Crippen LogP contribution in [0.4, 0.5) is 0 Å². The number of esters is 3. The van der Waals surface area contributed by atoms with Crippen LogP contribution in [0.3, 0.4) is 0 Å². The first-order valence-corrected chi connectivity index (χ1v) is 40.1. The van der Waals surface area contributed by atoms with Crippen molar-refractivity contribution in [3.05, 3.63) is 146 Å². The molecule has 0 aromatic rings. The second kappa shape index (κ2) is 71.3. The summed E-state index contributed by atoms with van der Waals surface area (Å²) in [5, 5.41) is 20.6. The van der Waals surface area contributed by atoms with E-state index in [1.165, 1.54) is 38.5 Å². The lowest BCUT2D eigenvalue weighted by Gasteiger charge is -2.21. The van der Waals surface area contributed by atoms with E-state index in [1.807, 2.05) is 0 Å². The molecule has 0 spiro atoms. The number of hydrogen-bond donors (Lipinski definition) is 4. The van der Waals surface area contributed by atoms with Crippen molar-refractivity contribution in [1.82, 2.24) is 0 Å². The van der Waals surface area contributed by atoms with Crippen molar-refractivity contribution in [2.24, 2.45) is 0 Å². The average molecular weight is 1400 g/mol. The van der Waals surface area contributed by atoms with E-state index >= 15 is 0 Å². The summed E-state index contributed by atoms with van der Waals surface area (Å²) < 4.78 is 61.0. The fraction of sp³-hybridized carbons (Fsp3) is 0.658. The maximum absolute atomic E-state index is 13.0. The van der Waals surface area contributed by atoms with Gasteiger partial charge in [-0.1, -0.05) is 256 Å². The van der Waals surface area contributed by atoms with E-state index in [0.717, 1.165) is 180 Å². The molecule has 5 unspecified atom stereocenters. The SMILES string of the molecule is CC/C=C\C/C=C\C/C=C\C/C=C\C/C=C\C/C=C\CCCCCCC(=O)OCC(O)COP(=O)(O)OCC(O)COP(=O)(O)OCC(COC(=O)CCCCCCCC/C=C\C/C=C\C/C=C\CCCCC)OC(=O)CCCCCCCC/C=C\C/C=C\C/C=C\CCCCC. The number of aliphatic hydroxyl groups excluding tert-OH is 2. The molecule has 0 bridgehead atoms. The maximum Gasteiger partial charge on any atom is 0.472 e. The number of carbonyl (C=O) groups is 3. The Hall–Kier alpha value is -4.57. The minimum atomic E-state index is -4.94. The van der Waals surface area contributed by atoms with Crippen LogP contribution < -0.4 is 0 Å². The van der Waals surface area contributed by atoms with Crippen LogP contribution in [0.5, 0.6) is 0 Å². The molecule has 0 aromatic carbocycles. The van der Waals surface area contributed by atoms with Gasteiger partial charge in [-0.2, -0.15) is 0 Å². The highest BCUT2D eigenvalue weighted by Gasteiger charge is 2.29. The van der Waals surface area contributed by atoms with Gasteiger partial charge in [-0.3, -0.25) is 32.5 Å². The van der Waals surface area contributed by atoms with E-state index < -0.39 is 91.5 Å². The normalized spacial score (nSPS) is 14.9. The van der Waals surface area contributed by atoms with Crippen LogP contribution in [0.15, 0.2) is 146 Å². The molecule has 0 heterocycles. The van der Waals surface area contributed by atoms with Gasteiger partial charge in [0.2, 0.25) is 0 Å². The Kier molecular flexibility index (Phi) is 67.9. The van der Waals surface area contributed by atoms with Crippen LogP contribution in [-0.2, 0) is 55.8 Å². The van der Waals surface area contributed by atoms with Gasteiger partial charge in [-0.15, -0.1) is 0 Å². The van der Waals surface area contributed by atoms with Crippen LogP contribution in [0.2, 0.25) is 0 Å². The maximum atomic E-state index is 13.0. The topological polar surface area (TPSA) is 231 Å². The molecule has 554 valence electrons. The Balaban J connectivity index is 4.74. The summed E-state index contributed by atoms with van der Waals surface area (Å²) in [6, 6.07) is 0. The quantitative estimate of drug-likeness (QED) is 0.0146. The van der Waals surface area contributed by atoms with Crippen molar-refractivity contribution in [3.63, 3.8) is 0 Å². The number of phosphoric ester groups is 2. The van der Waals surface area contributed by atoms with Crippen molar-refractivity contribution in [2.45, 2.75) is 296 Å². The number of rotatable bonds is 69. The molecule has 0 aliphatic rings. The lowest BCUT2D eigenvalue weighted by atomic mass is 10.1.